The Kier molecular flexibility index (Phi) is 26.3. The minimum absolute atomic E-state index is 0.00815. The van der Waals surface area contributed by atoms with E-state index in [1.807, 2.05) is 35.8 Å². The zero-order valence-electron chi connectivity index (χ0n) is 81.3. The van der Waals surface area contributed by atoms with E-state index in [-0.39, 0.29) is 170 Å². The van der Waals surface area contributed by atoms with E-state index in [4.69, 9.17) is 19.1 Å². The molecular weight excluding hydrogens is 1700 g/mol. The van der Waals surface area contributed by atoms with Gasteiger partial charge < -0.3 is 59.3 Å². The third-order valence-electron chi connectivity index (χ3n) is 35.6. The molecule has 25 heteroatoms. The highest BCUT2D eigenvalue weighted by atomic mass is 16.6. The van der Waals surface area contributed by atoms with Crippen molar-refractivity contribution in [3.8, 4) is 5.75 Å². The number of amides is 6. The van der Waals surface area contributed by atoms with Crippen molar-refractivity contribution in [3.05, 3.63) is 221 Å². The highest BCUT2D eigenvalue weighted by Crippen LogP contribution is 2.67. The van der Waals surface area contributed by atoms with Crippen molar-refractivity contribution in [2.24, 2.45) is 88.8 Å². The maximum absolute atomic E-state index is 14.1. The number of esters is 1. The number of allylic oxidation sites excluding steroid dienone is 1. The standard InChI is InChI=1S/C30H37N3O3.C24H34N2O2.C19H23NO3.C18H22N2O3.C18H21NO3.CO2/c1-20-9-10-25-22(16-20)6-5-11-33-27(34)18-26-28(21(2)19-30(25,26)33)29(35)32-14-12-31(13-15-32)23-7-4-8-24(17-23)36-3;1-14-8-9-20-19(11-14)7-6-10-26-16(3)12-21-22(15(2)13-24(20,21)26)23(28)25-17(4)18(5)27;1-11-4-5-14-13(8-11)6-7-20-16(21)9-15-17(18(22)23-3)12(2)10-19(14,15)20;1-11-3-4-15-13(7-11)5-6-19-17(21)8-16-14(10-20(22)23)12(2)9-18(15,16)19;1-10-3-4-13-12(7-10)5-6-19-15(20)8-14-16(17(21)22)11(2)9-18(13,14)19;2-1-3/h4,7-10,16-17,21,26,28H,5-6,11-15,18-19H2,1-3H3;8-9,11,15,17-18,21-22,27H,3,6-7,10,12-13H2,1-2,4-5H3,(H,25,28);4-5,8,12,15,17H,6-7,9-10H2,1-3H3;3-4,7,12,14,16H,5-6,8-10H2,1-2H3;3-4,7,11,14,16H,5-6,8-9H2,1-2H3,(H,21,22);/t21-,26-,28+,30?;15-,17+,18+,21-,22+,24?;12-,15-,17+,19-;12-,14+,16-,18-;11-,14-,16+,18-;/m00000./s1. The molecule has 5 saturated carbocycles. The fourth-order valence-electron chi connectivity index (χ4n) is 30.3. The topological polar surface area (TPSA) is 307 Å². The molecule has 5 spiro atoms. The molecule has 5 aliphatic carbocycles. The lowest BCUT2D eigenvalue weighted by atomic mass is 9.74. The molecule has 22 atom stereocenters. The number of hydrogen-bond donors (Lipinski definition) is 3. The highest BCUT2D eigenvalue weighted by molar-refractivity contribution is 5.89. The van der Waals surface area contributed by atoms with Gasteiger partial charge in [0.25, 0.3) is 0 Å². The first-order valence-electron chi connectivity index (χ1n) is 49.7. The van der Waals surface area contributed by atoms with Crippen LogP contribution in [-0.2, 0) is 112 Å². The molecule has 0 bridgehead atoms. The molecule has 6 amide bonds. The number of aliphatic hydroxyl groups excluding tert-OH is 1. The van der Waals surface area contributed by atoms with Gasteiger partial charge in [0.05, 0.1) is 65.9 Å². The lowest BCUT2D eigenvalue weighted by molar-refractivity contribution is -0.491. The van der Waals surface area contributed by atoms with E-state index in [1.54, 1.807) is 14.0 Å². The molecular formula is C110H137N9O16. The number of aliphatic carboxylic acids is 1. The molecule has 718 valence electrons. The van der Waals surface area contributed by atoms with E-state index in [9.17, 15) is 58.7 Å². The van der Waals surface area contributed by atoms with Crippen LogP contribution in [0.25, 0.3) is 0 Å². The lowest BCUT2D eigenvalue weighted by Crippen LogP contribution is -2.52. The largest absolute Gasteiger partial charge is 0.497 e. The number of nitro groups is 1. The van der Waals surface area contributed by atoms with Crippen LogP contribution < -0.4 is 15.0 Å². The van der Waals surface area contributed by atoms with Gasteiger partial charge in [-0.05, 0) is 229 Å². The average molecular weight is 1840 g/mol. The van der Waals surface area contributed by atoms with Crippen LogP contribution >= 0.6 is 0 Å². The van der Waals surface area contributed by atoms with Crippen LogP contribution in [0.1, 0.15) is 209 Å². The number of rotatable bonds is 10. The normalized spacial score (nSPS) is 32.6. The number of piperazine rings is 1. The second-order valence-electron chi connectivity index (χ2n) is 43.0. The van der Waals surface area contributed by atoms with Gasteiger partial charge in [-0.3, -0.25) is 48.5 Å². The second-order valence-corrected chi connectivity index (χ2v) is 43.0. The predicted octanol–water partition coefficient (Wildman–Crippen LogP) is 14.2. The summed E-state index contributed by atoms with van der Waals surface area (Å²) in [5.74, 6) is 1.78. The summed E-state index contributed by atoms with van der Waals surface area (Å²) in [4.78, 5) is 145. The van der Waals surface area contributed by atoms with Crippen LogP contribution in [0.2, 0.25) is 0 Å². The maximum Gasteiger partial charge on any atom is 0.373 e. The number of carbonyl (C=O) groups is 8. The van der Waals surface area contributed by atoms with E-state index in [0.29, 0.717) is 44.7 Å². The molecule has 11 aliphatic heterocycles. The minimum Gasteiger partial charge on any atom is -0.497 e. The van der Waals surface area contributed by atoms with Gasteiger partial charge in [0.2, 0.25) is 42.0 Å². The van der Waals surface area contributed by atoms with Gasteiger partial charge >= 0.3 is 18.1 Å². The molecule has 3 N–H and O–H groups in total. The zero-order valence-corrected chi connectivity index (χ0v) is 81.3. The van der Waals surface area contributed by atoms with Crippen LogP contribution in [0.3, 0.4) is 0 Å². The monoisotopic (exact) mass is 1840 g/mol. The number of carboxylic acid groups (broad SMARTS) is 1. The third kappa shape index (κ3) is 15.9. The number of anilines is 1. The van der Waals surface area contributed by atoms with E-state index < -0.39 is 18.0 Å². The van der Waals surface area contributed by atoms with Gasteiger partial charge in [-0.25, -0.2) is 0 Å². The van der Waals surface area contributed by atoms with Crippen LogP contribution in [0.5, 0.6) is 5.75 Å². The van der Waals surface area contributed by atoms with Crippen LogP contribution in [0.15, 0.2) is 128 Å². The Labute approximate surface area is 794 Å². The summed E-state index contributed by atoms with van der Waals surface area (Å²) in [5.41, 5.74) is 20.5. The fraction of sp³-hybridized carbons (Fsp3) is 0.573. The molecule has 6 aromatic rings. The number of aliphatic hydroxyl groups is 1. The number of aryl methyl sites for hydroxylation is 7. The quantitative estimate of drug-likeness (QED) is 0.0652. The van der Waals surface area contributed by atoms with Gasteiger partial charge in [-0.15, -0.1) is 0 Å². The van der Waals surface area contributed by atoms with E-state index in [1.165, 1.54) is 96.3 Å². The van der Waals surface area contributed by atoms with Crippen molar-refractivity contribution in [1.82, 2.24) is 34.7 Å². The summed E-state index contributed by atoms with van der Waals surface area (Å²) in [5, 5.41) is 33.7. The number of ether oxygens (including phenoxy) is 2. The fourth-order valence-corrected chi connectivity index (χ4v) is 30.3. The van der Waals surface area contributed by atoms with Gasteiger partial charge in [0.1, 0.15) is 5.75 Å². The molecule has 11 heterocycles. The predicted molar refractivity (Wildman–Crippen MR) is 509 cm³/mol. The highest BCUT2D eigenvalue weighted by Gasteiger charge is 2.70. The first-order valence-corrected chi connectivity index (χ1v) is 49.7. The Hall–Kier alpha value is -11.0. The summed E-state index contributed by atoms with van der Waals surface area (Å²) >= 11 is 0. The Bertz CT molecular complexity index is 5740. The zero-order chi connectivity index (χ0) is 96.3. The van der Waals surface area contributed by atoms with Crippen molar-refractivity contribution >= 4 is 59.2 Å². The van der Waals surface area contributed by atoms with Gasteiger partial charge in [0, 0.05) is 154 Å². The van der Waals surface area contributed by atoms with Crippen LogP contribution in [0, 0.1) is 134 Å². The maximum atomic E-state index is 14.1. The Morgan fingerprint density at radius 1 is 0.481 bits per heavy atom. The molecule has 16 aliphatic rings. The van der Waals surface area contributed by atoms with Gasteiger partial charge in [0.15, 0.2) is 0 Å². The van der Waals surface area contributed by atoms with Crippen molar-refractivity contribution < 1.29 is 72.6 Å². The van der Waals surface area contributed by atoms with E-state index in [2.05, 4.69) is 202 Å². The van der Waals surface area contributed by atoms with Crippen molar-refractivity contribution in [3.63, 3.8) is 0 Å². The summed E-state index contributed by atoms with van der Waals surface area (Å²) in [7, 11) is 3.14. The summed E-state index contributed by atoms with van der Waals surface area (Å²) in [6.07, 6.45) is 13.7. The molecule has 6 saturated heterocycles. The second kappa shape index (κ2) is 37.1. The number of benzene rings is 6. The average Bonchev–Trinajstić information content (AvgIpc) is 1.56. The van der Waals surface area contributed by atoms with Crippen LogP contribution in [0.4, 0.5) is 5.69 Å². The van der Waals surface area contributed by atoms with Gasteiger partial charge in [-0.1, -0.05) is 166 Å². The van der Waals surface area contributed by atoms with E-state index in [0.717, 1.165) is 141 Å². The smallest absolute Gasteiger partial charge is 0.373 e. The first-order chi connectivity index (χ1) is 64.4. The number of nitrogens with one attached hydrogen (secondary N) is 1. The number of fused-ring (bicyclic) bond motifs is 5. The lowest BCUT2D eigenvalue weighted by Gasteiger charge is -2.44. The van der Waals surface area contributed by atoms with Crippen molar-refractivity contribution in [2.75, 3.05) is 84.6 Å². The number of carbonyl (C=O) groups excluding carboxylic acids is 9. The molecule has 0 radical (unpaired) electrons. The summed E-state index contributed by atoms with van der Waals surface area (Å²) < 4.78 is 10.5. The molecule has 6 aromatic carbocycles. The Balaban J connectivity index is 0.000000118. The molecule has 135 heavy (non-hydrogen) atoms. The van der Waals surface area contributed by atoms with Crippen LogP contribution in [-0.4, -0.2) is 190 Å². The van der Waals surface area contributed by atoms with Crippen molar-refractivity contribution in [2.45, 2.75) is 232 Å². The van der Waals surface area contributed by atoms with E-state index >= 15 is 0 Å². The molecule has 11 fully saturated rings. The number of hydrogen-bond acceptors (Lipinski definition) is 17. The number of methoxy groups -OCH3 is 2. The summed E-state index contributed by atoms with van der Waals surface area (Å²) in [6.45, 7) is 36.4. The third-order valence-corrected chi connectivity index (χ3v) is 35.6. The summed E-state index contributed by atoms with van der Waals surface area (Å²) in [6, 6.07) is 41.1. The SMILES string of the molecule is C=C1C[C@H]2[C@H](C(=O)N[C@H](C)[C@@H](C)O)[C@@H](C)CC23c2ccc(C)cc2CCCN13.COC(=O)[C@@H]1[C@@H](C)C[C@@]23c4ccc(C)cc4CCN2C(=O)C[C@@H]13.COc1cccc(N2CCN(C(=O)[C@@H]3[C@@H](C)CC45c6ccc(C)cc6CCCN4C(=O)C[C@@H]35)CC2)c1.Cc1ccc2c(c1)CCN1C(=O)C[C@H]3[C@H](C(=O)O)[C@@H](C)C[C@]231.Cc1ccc2c(c1)CCN1C(=O)C[C@H]3[C@H](C[N+](=O)[O-])[C@@H](C)C[C@]231.O=C=O. The minimum atomic E-state index is -0.747. The number of carboxylic acids is 1. The molecule has 25 nitrogen and oxygen atoms in total. The Morgan fingerprint density at radius 2 is 0.844 bits per heavy atom. The molecule has 22 rings (SSSR count). The molecule has 0 aromatic heterocycles. The van der Waals surface area contributed by atoms with Gasteiger partial charge in [-0.2, -0.15) is 9.59 Å². The van der Waals surface area contributed by atoms with Crippen molar-refractivity contribution in [1.29, 1.82) is 0 Å². The first kappa shape index (κ1) is 95.7. The molecule has 2 unspecified atom stereocenters. The number of nitrogens with zero attached hydrogens (tertiary/aromatic N) is 8. The Morgan fingerprint density at radius 3 is 1.27 bits per heavy atom.